The Morgan fingerprint density at radius 1 is 1.04 bits per heavy atom. The van der Waals surface area contributed by atoms with E-state index in [4.69, 9.17) is 4.74 Å². The molecule has 5 nitrogen and oxygen atoms in total. The third-order valence-electron chi connectivity index (χ3n) is 5.74. The summed E-state index contributed by atoms with van der Waals surface area (Å²) in [5.74, 6) is 3.09. The zero-order valence-electron chi connectivity index (χ0n) is 15.5. The fraction of sp³-hybridized carbons (Fsp3) is 0.524. The van der Waals surface area contributed by atoms with Crippen molar-refractivity contribution >= 4 is 5.95 Å². The molecule has 4 rings (SSSR count). The molecule has 0 spiro atoms. The minimum absolute atomic E-state index is 0.146. The predicted molar refractivity (Wildman–Crippen MR) is 101 cm³/mol. The van der Waals surface area contributed by atoms with Gasteiger partial charge in [-0.05, 0) is 48.3 Å². The van der Waals surface area contributed by atoms with Crippen molar-refractivity contribution in [3.05, 3.63) is 48.3 Å². The van der Waals surface area contributed by atoms with Gasteiger partial charge in [-0.1, -0.05) is 32.0 Å². The third-order valence-corrected chi connectivity index (χ3v) is 5.74. The van der Waals surface area contributed by atoms with Crippen molar-refractivity contribution in [3.8, 4) is 5.75 Å². The molecule has 1 N–H and O–H groups in total. The van der Waals surface area contributed by atoms with Gasteiger partial charge in [0.05, 0.1) is 6.10 Å². The van der Waals surface area contributed by atoms with Gasteiger partial charge < -0.3 is 14.7 Å². The van der Waals surface area contributed by atoms with Crippen LogP contribution in [-0.4, -0.2) is 40.4 Å². The van der Waals surface area contributed by atoms with Crippen LogP contribution in [0.5, 0.6) is 5.75 Å². The van der Waals surface area contributed by atoms with Gasteiger partial charge >= 0.3 is 0 Å². The van der Waals surface area contributed by atoms with Crippen LogP contribution in [0.3, 0.4) is 0 Å². The summed E-state index contributed by atoms with van der Waals surface area (Å²) in [4.78, 5) is 11.0. The first-order valence-electron chi connectivity index (χ1n) is 9.57. The van der Waals surface area contributed by atoms with Gasteiger partial charge in [0.15, 0.2) is 0 Å². The number of hydrogen-bond donors (Lipinski definition) is 1. The van der Waals surface area contributed by atoms with E-state index >= 15 is 0 Å². The largest absolute Gasteiger partial charge is 0.487 e. The highest BCUT2D eigenvalue weighted by Gasteiger charge is 2.43. The van der Waals surface area contributed by atoms with E-state index < -0.39 is 6.10 Å². The lowest BCUT2D eigenvalue weighted by molar-refractivity contribution is -0.0236. The highest BCUT2D eigenvalue weighted by molar-refractivity contribution is 5.36. The van der Waals surface area contributed by atoms with E-state index in [2.05, 4.69) is 34.8 Å². The van der Waals surface area contributed by atoms with E-state index in [1.165, 1.54) is 5.56 Å². The van der Waals surface area contributed by atoms with Crippen LogP contribution < -0.4 is 9.64 Å². The molecular formula is C21H27N3O2. The Labute approximate surface area is 155 Å². The summed E-state index contributed by atoms with van der Waals surface area (Å²) in [6.45, 7) is 6.20. The van der Waals surface area contributed by atoms with Crippen molar-refractivity contribution in [2.24, 2.45) is 11.8 Å². The molecule has 1 aliphatic carbocycles. The van der Waals surface area contributed by atoms with Gasteiger partial charge in [0.25, 0.3) is 0 Å². The molecule has 0 radical (unpaired) electrons. The second-order valence-corrected chi connectivity index (χ2v) is 7.86. The normalized spacial score (nSPS) is 28.2. The number of aromatic nitrogens is 2. The third kappa shape index (κ3) is 3.40. The van der Waals surface area contributed by atoms with Crippen molar-refractivity contribution in [3.63, 3.8) is 0 Å². The number of anilines is 1. The number of hydrogen-bond acceptors (Lipinski definition) is 5. The van der Waals surface area contributed by atoms with E-state index in [-0.39, 0.29) is 6.10 Å². The summed E-state index contributed by atoms with van der Waals surface area (Å²) >= 11 is 0. The highest BCUT2D eigenvalue weighted by Crippen LogP contribution is 2.39. The molecule has 26 heavy (non-hydrogen) atoms. The Bertz CT molecular complexity index is 737. The number of ether oxygens (including phenoxy) is 1. The maximum absolute atomic E-state index is 10.7. The first kappa shape index (κ1) is 17.3. The van der Waals surface area contributed by atoms with Gasteiger partial charge in [0, 0.05) is 25.5 Å². The van der Waals surface area contributed by atoms with Crippen molar-refractivity contribution in [2.75, 3.05) is 18.0 Å². The summed E-state index contributed by atoms with van der Waals surface area (Å²) in [5.41, 5.74) is 1.20. The highest BCUT2D eigenvalue weighted by atomic mass is 16.5. The van der Waals surface area contributed by atoms with Gasteiger partial charge in [0.1, 0.15) is 11.9 Å². The van der Waals surface area contributed by atoms with E-state index in [0.29, 0.717) is 17.8 Å². The Balaban J connectivity index is 1.46. The zero-order chi connectivity index (χ0) is 18.1. The fourth-order valence-corrected chi connectivity index (χ4v) is 4.36. The standard InChI is InChI=1S/C21H27N3O2/c1-14(2)17-6-3-4-7-19(17)26-20-11-16-13-24(12-15(16)10-18(20)25)21-22-8-5-9-23-21/h3-9,14-16,18,20,25H,10-13H2,1-2H3/t15-,16+,18+,20+/m0/s1. The average molecular weight is 353 g/mol. The van der Waals surface area contributed by atoms with E-state index in [9.17, 15) is 5.11 Å². The first-order chi connectivity index (χ1) is 12.6. The van der Waals surface area contributed by atoms with Crippen LogP contribution in [-0.2, 0) is 0 Å². The van der Waals surface area contributed by atoms with Crippen LogP contribution in [0.15, 0.2) is 42.7 Å². The molecule has 0 amide bonds. The molecule has 138 valence electrons. The number of aliphatic hydroxyl groups is 1. The molecule has 2 fully saturated rings. The molecule has 1 saturated heterocycles. The molecule has 0 unspecified atom stereocenters. The van der Waals surface area contributed by atoms with Crippen LogP contribution in [0, 0.1) is 11.8 Å². The Kier molecular flexibility index (Phi) is 4.81. The molecule has 2 heterocycles. The minimum Gasteiger partial charge on any atom is -0.487 e. The Morgan fingerprint density at radius 3 is 2.46 bits per heavy atom. The predicted octanol–water partition coefficient (Wildman–Crippen LogP) is 3.25. The molecule has 1 saturated carbocycles. The van der Waals surface area contributed by atoms with Crippen LogP contribution in [0.2, 0.25) is 0 Å². The van der Waals surface area contributed by atoms with E-state index in [1.807, 2.05) is 24.3 Å². The lowest BCUT2D eigenvalue weighted by Gasteiger charge is -2.35. The quantitative estimate of drug-likeness (QED) is 0.914. The maximum atomic E-state index is 10.7. The number of para-hydroxylation sites is 1. The monoisotopic (exact) mass is 353 g/mol. The van der Waals surface area contributed by atoms with Crippen molar-refractivity contribution < 1.29 is 9.84 Å². The summed E-state index contributed by atoms with van der Waals surface area (Å²) in [5, 5.41) is 10.7. The van der Waals surface area contributed by atoms with Crippen molar-refractivity contribution in [1.29, 1.82) is 0 Å². The van der Waals surface area contributed by atoms with Crippen LogP contribution in [0.1, 0.15) is 38.2 Å². The van der Waals surface area contributed by atoms with Gasteiger partial charge in [-0.15, -0.1) is 0 Å². The SMILES string of the molecule is CC(C)c1ccccc1O[C@@H]1C[C@@H]2CN(c3ncccn3)C[C@@H]2C[C@H]1O. The molecule has 1 aromatic carbocycles. The minimum atomic E-state index is -0.423. The number of aliphatic hydroxyl groups excluding tert-OH is 1. The zero-order valence-corrected chi connectivity index (χ0v) is 15.5. The van der Waals surface area contributed by atoms with Gasteiger partial charge in [-0.3, -0.25) is 0 Å². The molecule has 1 aromatic heterocycles. The molecule has 4 atom stereocenters. The van der Waals surface area contributed by atoms with Crippen molar-refractivity contribution in [1.82, 2.24) is 9.97 Å². The fourth-order valence-electron chi connectivity index (χ4n) is 4.36. The number of fused-ring (bicyclic) bond motifs is 1. The Morgan fingerprint density at radius 2 is 1.73 bits per heavy atom. The lowest BCUT2D eigenvalue weighted by atomic mass is 9.78. The number of nitrogens with zero attached hydrogens (tertiary/aromatic N) is 3. The van der Waals surface area contributed by atoms with Gasteiger partial charge in [0.2, 0.25) is 5.95 Å². The van der Waals surface area contributed by atoms with Crippen LogP contribution in [0.4, 0.5) is 5.95 Å². The van der Waals surface area contributed by atoms with Crippen molar-refractivity contribution in [2.45, 2.75) is 44.8 Å². The van der Waals surface area contributed by atoms with Gasteiger partial charge in [-0.2, -0.15) is 0 Å². The smallest absolute Gasteiger partial charge is 0.225 e. The molecule has 2 aromatic rings. The topological polar surface area (TPSA) is 58.5 Å². The molecule has 2 aliphatic rings. The summed E-state index contributed by atoms with van der Waals surface area (Å²) < 4.78 is 6.31. The molecule has 5 heteroatoms. The first-order valence-corrected chi connectivity index (χ1v) is 9.57. The van der Waals surface area contributed by atoms with E-state index in [1.54, 1.807) is 12.4 Å². The van der Waals surface area contributed by atoms with Crippen LogP contribution >= 0.6 is 0 Å². The summed E-state index contributed by atoms with van der Waals surface area (Å²) in [6, 6.07) is 10.0. The van der Waals surface area contributed by atoms with Gasteiger partial charge in [-0.25, -0.2) is 9.97 Å². The number of benzene rings is 1. The second kappa shape index (κ2) is 7.23. The number of rotatable bonds is 4. The average Bonchev–Trinajstić information content (AvgIpc) is 3.06. The maximum Gasteiger partial charge on any atom is 0.225 e. The Hall–Kier alpha value is -2.14. The summed E-state index contributed by atoms with van der Waals surface area (Å²) in [7, 11) is 0. The van der Waals surface area contributed by atoms with E-state index in [0.717, 1.165) is 37.6 Å². The molecular weight excluding hydrogens is 326 g/mol. The lowest BCUT2D eigenvalue weighted by Crippen LogP contribution is -2.42. The molecule has 1 aliphatic heterocycles. The van der Waals surface area contributed by atoms with Crippen LogP contribution in [0.25, 0.3) is 0 Å². The molecule has 0 bridgehead atoms. The second-order valence-electron chi connectivity index (χ2n) is 7.86. The summed E-state index contributed by atoms with van der Waals surface area (Å²) in [6.07, 6.45) is 4.66.